The minimum atomic E-state index is 0.0705. The molecule has 0 spiro atoms. The van der Waals surface area contributed by atoms with Gasteiger partial charge in [-0.15, -0.1) is 11.3 Å². The zero-order valence-corrected chi connectivity index (χ0v) is 15.5. The fourth-order valence-corrected chi connectivity index (χ4v) is 4.38. The second-order valence-electron chi connectivity index (χ2n) is 6.79. The average molecular weight is 362 g/mol. The van der Waals surface area contributed by atoms with Gasteiger partial charge in [0.2, 0.25) is 0 Å². The molecular formula is C22H22N2OS. The lowest BCUT2D eigenvalue weighted by molar-refractivity contribution is 0.0702. The van der Waals surface area contributed by atoms with Crippen LogP contribution in [0.2, 0.25) is 0 Å². The number of amides is 1. The van der Waals surface area contributed by atoms with Gasteiger partial charge in [-0.05, 0) is 24.0 Å². The van der Waals surface area contributed by atoms with Gasteiger partial charge in [0.05, 0.1) is 5.01 Å². The number of carbonyl (C=O) groups excluding carboxylic acids is 1. The van der Waals surface area contributed by atoms with Gasteiger partial charge in [0.1, 0.15) is 5.69 Å². The summed E-state index contributed by atoms with van der Waals surface area (Å²) in [5.74, 6) is 0.498. The molecule has 0 bridgehead atoms. The first-order valence-corrected chi connectivity index (χ1v) is 10.00. The van der Waals surface area contributed by atoms with Crippen LogP contribution in [-0.4, -0.2) is 28.9 Å². The van der Waals surface area contributed by atoms with E-state index in [2.05, 4.69) is 41.4 Å². The lowest BCUT2D eigenvalue weighted by Gasteiger charge is -2.32. The van der Waals surface area contributed by atoms with Gasteiger partial charge >= 0.3 is 0 Å². The summed E-state index contributed by atoms with van der Waals surface area (Å²) in [6.07, 6.45) is 2.97. The maximum Gasteiger partial charge on any atom is 0.273 e. The van der Waals surface area contributed by atoms with Gasteiger partial charge in [-0.1, -0.05) is 60.7 Å². The molecule has 1 aliphatic heterocycles. The van der Waals surface area contributed by atoms with Crippen molar-refractivity contribution in [2.24, 2.45) is 0 Å². The predicted octanol–water partition coefficient (Wildman–Crippen LogP) is 4.75. The SMILES string of the molecule is O=C(c1csc(Cc2ccccc2)n1)N1CCC[C@H](c2ccccc2)C1. The Morgan fingerprint density at radius 2 is 1.81 bits per heavy atom. The van der Waals surface area contributed by atoms with Crippen molar-refractivity contribution in [1.82, 2.24) is 9.88 Å². The third-order valence-corrected chi connectivity index (χ3v) is 5.80. The van der Waals surface area contributed by atoms with Crippen molar-refractivity contribution in [3.63, 3.8) is 0 Å². The van der Waals surface area contributed by atoms with Crippen molar-refractivity contribution in [2.45, 2.75) is 25.2 Å². The number of carbonyl (C=O) groups is 1. The summed E-state index contributed by atoms with van der Waals surface area (Å²) in [5.41, 5.74) is 3.14. The van der Waals surface area contributed by atoms with Crippen molar-refractivity contribution in [2.75, 3.05) is 13.1 Å². The lowest BCUT2D eigenvalue weighted by Crippen LogP contribution is -2.39. The van der Waals surface area contributed by atoms with Crippen LogP contribution in [0.3, 0.4) is 0 Å². The summed E-state index contributed by atoms with van der Waals surface area (Å²) in [5, 5.41) is 2.91. The summed E-state index contributed by atoms with van der Waals surface area (Å²) < 4.78 is 0. The highest BCUT2D eigenvalue weighted by molar-refractivity contribution is 7.09. The van der Waals surface area contributed by atoms with Crippen molar-refractivity contribution < 1.29 is 4.79 Å². The molecule has 0 N–H and O–H groups in total. The molecule has 1 atom stereocenters. The molecule has 0 aliphatic carbocycles. The van der Waals surface area contributed by atoms with Crippen molar-refractivity contribution >= 4 is 17.2 Å². The maximum absolute atomic E-state index is 12.9. The Bertz CT molecular complexity index is 860. The van der Waals surface area contributed by atoms with Gasteiger partial charge in [0.25, 0.3) is 5.91 Å². The quantitative estimate of drug-likeness (QED) is 0.671. The van der Waals surface area contributed by atoms with Crippen LogP contribution in [0.15, 0.2) is 66.0 Å². The molecule has 1 fully saturated rings. The lowest BCUT2D eigenvalue weighted by atomic mass is 9.90. The Balaban J connectivity index is 1.44. The normalized spacial score (nSPS) is 17.2. The molecule has 2 aromatic carbocycles. The maximum atomic E-state index is 12.9. The van der Waals surface area contributed by atoms with E-state index in [1.165, 1.54) is 11.1 Å². The molecule has 1 saturated heterocycles. The number of likely N-dealkylation sites (tertiary alicyclic amines) is 1. The second-order valence-corrected chi connectivity index (χ2v) is 7.73. The zero-order chi connectivity index (χ0) is 17.8. The first kappa shape index (κ1) is 17.0. The average Bonchev–Trinajstić information content (AvgIpc) is 3.17. The topological polar surface area (TPSA) is 33.2 Å². The van der Waals surface area contributed by atoms with Gasteiger partial charge in [-0.3, -0.25) is 4.79 Å². The highest BCUT2D eigenvalue weighted by Gasteiger charge is 2.26. The van der Waals surface area contributed by atoms with Crippen LogP contribution in [0.5, 0.6) is 0 Å². The van der Waals surface area contributed by atoms with Crippen molar-refractivity contribution in [1.29, 1.82) is 0 Å². The summed E-state index contributed by atoms with van der Waals surface area (Å²) in [6, 6.07) is 20.8. The number of hydrogen-bond acceptors (Lipinski definition) is 3. The largest absolute Gasteiger partial charge is 0.337 e. The van der Waals surface area contributed by atoms with Crippen LogP contribution < -0.4 is 0 Å². The smallest absolute Gasteiger partial charge is 0.273 e. The van der Waals surface area contributed by atoms with E-state index in [0.717, 1.165) is 37.4 Å². The molecule has 3 aromatic rings. The summed E-state index contributed by atoms with van der Waals surface area (Å²) in [4.78, 5) is 19.5. The summed E-state index contributed by atoms with van der Waals surface area (Å²) in [6.45, 7) is 1.61. The first-order chi connectivity index (χ1) is 12.8. The Hall–Kier alpha value is -2.46. The Morgan fingerprint density at radius 1 is 1.08 bits per heavy atom. The highest BCUT2D eigenvalue weighted by atomic mass is 32.1. The minimum Gasteiger partial charge on any atom is -0.337 e. The molecule has 3 nitrogen and oxygen atoms in total. The molecular weight excluding hydrogens is 340 g/mol. The van der Waals surface area contributed by atoms with E-state index >= 15 is 0 Å². The number of thiazole rings is 1. The number of nitrogens with zero attached hydrogens (tertiary/aromatic N) is 2. The molecule has 132 valence electrons. The number of piperidine rings is 1. The zero-order valence-electron chi connectivity index (χ0n) is 14.7. The third-order valence-electron chi connectivity index (χ3n) is 4.95. The molecule has 4 heteroatoms. The molecule has 2 heterocycles. The number of rotatable bonds is 4. The predicted molar refractivity (Wildman–Crippen MR) is 106 cm³/mol. The Labute approximate surface area is 158 Å². The molecule has 26 heavy (non-hydrogen) atoms. The molecule has 0 radical (unpaired) electrons. The van der Waals surface area contributed by atoms with Crippen molar-refractivity contribution in [3.05, 3.63) is 87.9 Å². The van der Waals surface area contributed by atoms with E-state index < -0.39 is 0 Å². The molecule has 1 aromatic heterocycles. The fraction of sp³-hybridized carbons (Fsp3) is 0.273. The van der Waals surface area contributed by atoms with Gasteiger partial charge in [0, 0.05) is 30.8 Å². The standard InChI is InChI=1S/C22H22N2OS/c25-22(20-16-26-21(23-20)14-17-8-3-1-4-9-17)24-13-7-12-19(15-24)18-10-5-2-6-11-18/h1-6,8-11,16,19H,7,12-15H2/t19-/m0/s1. The van der Waals surface area contributed by atoms with Gasteiger partial charge in [-0.2, -0.15) is 0 Å². The van der Waals surface area contributed by atoms with Gasteiger partial charge in [-0.25, -0.2) is 4.98 Å². The van der Waals surface area contributed by atoms with Crippen LogP contribution in [0.25, 0.3) is 0 Å². The first-order valence-electron chi connectivity index (χ1n) is 9.12. The third kappa shape index (κ3) is 3.86. The van der Waals surface area contributed by atoms with Gasteiger partial charge in [0.15, 0.2) is 0 Å². The molecule has 1 amide bonds. The Morgan fingerprint density at radius 3 is 2.58 bits per heavy atom. The van der Waals surface area contributed by atoms with E-state index in [4.69, 9.17) is 0 Å². The van der Waals surface area contributed by atoms with Crippen LogP contribution >= 0.6 is 11.3 Å². The number of aromatic nitrogens is 1. The summed E-state index contributed by atoms with van der Waals surface area (Å²) in [7, 11) is 0. The molecule has 0 saturated carbocycles. The highest BCUT2D eigenvalue weighted by Crippen LogP contribution is 2.28. The molecule has 1 aliphatic rings. The number of hydrogen-bond donors (Lipinski definition) is 0. The van der Waals surface area contributed by atoms with E-state index in [0.29, 0.717) is 11.6 Å². The van der Waals surface area contributed by atoms with Crippen LogP contribution in [0.1, 0.15) is 45.4 Å². The second kappa shape index (κ2) is 7.83. The van der Waals surface area contributed by atoms with E-state index in [-0.39, 0.29) is 5.91 Å². The van der Waals surface area contributed by atoms with Gasteiger partial charge < -0.3 is 4.90 Å². The fourth-order valence-electron chi connectivity index (χ4n) is 3.58. The van der Waals surface area contributed by atoms with Crippen LogP contribution in [0, 0.1) is 0 Å². The van der Waals surface area contributed by atoms with Crippen LogP contribution in [-0.2, 0) is 6.42 Å². The Kier molecular flexibility index (Phi) is 5.12. The van der Waals surface area contributed by atoms with E-state index in [9.17, 15) is 4.79 Å². The molecule has 4 rings (SSSR count). The van der Waals surface area contributed by atoms with E-state index in [1.54, 1.807) is 11.3 Å². The monoisotopic (exact) mass is 362 g/mol. The minimum absolute atomic E-state index is 0.0705. The summed E-state index contributed by atoms with van der Waals surface area (Å²) >= 11 is 1.58. The molecule has 0 unspecified atom stereocenters. The van der Waals surface area contributed by atoms with Crippen LogP contribution in [0.4, 0.5) is 0 Å². The van der Waals surface area contributed by atoms with Crippen molar-refractivity contribution in [3.8, 4) is 0 Å². The van der Waals surface area contributed by atoms with E-state index in [1.807, 2.05) is 34.5 Å². The number of benzene rings is 2.